The quantitative estimate of drug-likeness (QED) is 0.631. The Morgan fingerprint density at radius 1 is 1.04 bits per heavy atom. The molecule has 6 heteroatoms. The van der Waals surface area contributed by atoms with Crippen molar-refractivity contribution in [3.63, 3.8) is 0 Å². The first-order valence-electron chi connectivity index (χ1n) is 9.74. The Hall–Kier alpha value is -1.72. The highest BCUT2D eigenvalue weighted by Crippen LogP contribution is 2.31. The van der Waals surface area contributed by atoms with E-state index in [4.69, 9.17) is 11.6 Å². The molecule has 2 aromatic rings. The van der Waals surface area contributed by atoms with Gasteiger partial charge in [-0.3, -0.25) is 0 Å². The van der Waals surface area contributed by atoms with E-state index in [1.165, 1.54) is 18.1 Å². The summed E-state index contributed by atoms with van der Waals surface area (Å²) in [6.45, 7) is 3.78. The number of hydrogen-bond acceptors (Lipinski definition) is 2. The maximum Gasteiger partial charge on any atom is 0.391 e. The molecule has 3 rings (SSSR count). The second kappa shape index (κ2) is 9.19. The minimum atomic E-state index is -4.12. The number of alkyl halides is 3. The molecular weight excluding hydrogens is 385 g/mol. The lowest BCUT2D eigenvalue weighted by Gasteiger charge is -2.17. The molecule has 0 bridgehead atoms. The SMILES string of the molecule is C[C@@H](CCc1ccc(CNc2c(Cl)ccc3c2CCNCC3)cc1)C(F)(F)F. The highest BCUT2D eigenvalue weighted by molar-refractivity contribution is 6.33. The molecule has 1 aliphatic heterocycles. The average molecular weight is 411 g/mol. The van der Waals surface area contributed by atoms with Gasteiger partial charge in [-0.15, -0.1) is 0 Å². The van der Waals surface area contributed by atoms with Gasteiger partial charge in [0.15, 0.2) is 0 Å². The smallest absolute Gasteiger partial charge is 0.380 e. The second-order valence-corrected chi connectivity index (χ2v) is 7.87. The highest BCUT2D eigenvalue weighted by Gasteiger charge is 2.35. The summed E-state index contributed by atoms with van der Waals surface area (Å²) in [5, 5.41) is 7.60. The van der Waals surface area contributed by atoms with Crippen LogP contribution in [-0.2, 0) is 25.8 Å². The average Bonchev–Trinajstić information content (AvgIpc) is 2.91. The van der Waals surface area contributed by atoms with Crippen LogP contribution in [0, 0.1) is 5.92 Å². The van der Waals surface area contributed by atoms with Gasteiger partial charge in [0.05, 0.1) is 16.6 Å². The molecule has 1 heterocycles. The highest BCUT2D eigenvalue weighted by atomic mass is 35.5. The molecule has 28 heavy (non-hydrogen) atoms. The van der Waals surface area contributed by atoms with Crippen LogP contribution in [0.3, 0.4) is 0 Å². The van der Waals surface area contributed by atoms with Gasteiger partial charge in [-0.2, -0.15) is 13.2 Å². The third-order valence-electron chi connectivity index (χ3n) is 5.40. The summed E-state index contributed by atoms with van der Waals surface area (Å²) in [4.78, 5) is 0. The van der Waals surface area contributed by atoms with Crippen molar-refractivity contribution in [3.05, 3.63) is 63.7 Å². The Morgan fingerprint density at radius 3 is 2.43 bits per heavy atom. The zero-order valence-electron chi connectivity index (χ0n) is 16.0. The van der Waals surface area contributed by atoms with Crippen LogP contribution < -0.4 is 10.6 Å². The van der Waals surface area contributed by atoms with Crippen LogP contribution in [0.4, 0.5) is 18.9 Å². The topological polar surface area (TPSA) is 24.1 Å². The molecule has 2 nitrogen and oxygen atoms in total. The van der Waals surface area contributed by atoms with Gasteiger partial charge in [0.1, 0.15) is 0 Å². The molecule has 152 valence electrons. The zero-order valence-corrected chi connectivity index (χ0v) is 16.8. The van der Waals surface area contributed by atoms with Crippen LogP contribution in [0.2, 0.25) is 5.02 Å². The number of nitrogens with one attached hydrogen (secondary N) is 2. The summed E-state index contributed by atoms with van der Waals surface area (Å²) in [5.41, 5.74) is 5.60. The van der Waals surface area contributed by atoms with Gasteiger partial charge in [0, 0.05) is 6.54 Å². The Labute approximate surface area is 169 Å². The van der Waals surface area contributed by atoms with Gasteiger partial charge in [0.2, 0.25) is 0 Å². The molecule has 0 saturated heterocycles. The van der Waals surface area contributed by atoms with E-state index in [0.717, 1.165) is 47.8 Å². The van der Waals surface area contributed by atoms with E-state index in [1.54, 1.807) is 0 Å². The third kappa shape index (κ3) is 5.42. The van der Waals surface area contributed by atoms with Crippen molar-refractivity contribution < 1.29 is 13.2 Å². The maximum atomic E-state index is 12.6. The molecule has 0 aromatic heterocycles. The zero-order chi connectivity index (χ0) is 20.1. The molecule has 0 spiro atoms. The normalized spacial score (nSPS) is 15.6. The van der Waals surface area contributed by atoms with Gasteiger partial charge < -0.3 is 10.6 Å². The minimum Gasteiger partial charge on any atom is -0.380 e. The molecule has 2 aromatic carbocycles. The van der Waals surface area contributed by atoms with E-state index in [-0.39, 0.29) is 6.42 Å². The fraction of sp³-hybridized carbons (Fsp3) is 0.455. The monoisotopic (exact) mass is 410 g/mol. The molecule has 0 amide bonds. The summed E-state index contributed by atoms with van der Waals surface area (Å²) in [6.07, 6.45) is -1.65. The number of rotatable bonds is 6. The molecular formula is C22H26ClF3N2. The first-order valence-corrected chi connectivity index (χ1v) is 10.1. The number of halogens is 4. The number of fused-ring (bicyclic) bond motifs is 1. The maximum absolute atomic E-state index is 12.6. The summed E-state index contributed by atoms with van der Waals surface area (Å²) in [6, 6.07) is 11.8. The first kappa shape index (κ1) is 21.0. The third-order valence-corrected chi connectivity index (χ3v) is 5.71. The lowest BCUT2D eigenvalue weighted by molar-refractivity contribution is -0.170. The molecule has 2 N–H and O–H groups in total. The predicted molar refractivity (Wildman–Crippen MR) is 109 cm³/mol. The van der Waals surface area contributed by atoms with Gasteiger partial charge in [0.25, 0.3) is 0 Å². The van der Waals surface area contributed by atoms with Gasteiger partial charge in [-0.25, -0.2) is 0 Å². The summed E-state index contributed by atoms with van der Waals surface area (Å²) in [7, 11) is 0. The van der Waals surface area contributed by atoms with Crippen molar-refractivity contribution in [2.24, 2.45) is 5.92 Å². The molecule has 0 radical (unpaired) electrons. The van der Waals surface area contributed by atoms with Gasteiger partial charge >= 0.3 is 6.18 Å². The van der Waals surface area contributed by atoms with E-state index < -0.39 is 12.1 Å². The Bertz CT molecular complexity index is 788. The van der Waals surface area contributed by atoms with Gasteiger partial charge in [-0.1, -0.05) is 48.9 Å². The molecule has 1 atom stereocenters. The van der Waals surface area contributed by atoms with Crippen molar-refractivity contribution in [2.45, 2.75) is 45.3 Å². The van der Waals surface area contributed by atoms with E-state index in [2.05, 4.69) is 16.7 Å². The Balaban J connectivity index is 1.61. The van der Waals surface area contributed by atoms with Crippen molar-refractivity contribution in [1.82, 2.24) is 5.32 Å². The van der Waals surface area contributed by atoms with E-state index >= 15 is 0 Å². The minimum absolute atomic E-state index is 0.112. The second-order valence-electron chi connectivity index (χ2n) is 7.46. The fourth-order valence-electron chi connectivity index (χ4n) is 3.50. The van der Waals surface area contributed by atoms with Crippen molar-refractivity contribution in [1.29, 1.82) is 0 Å². The summed E-state index contributed by atoms with van der Waals surface area (Å²) in [5.74, 6) is -1.28. The molecule has 0 aliphatic carbocycles. The van der Waals surface area contributed by atoms with E-state index in [0.29, 0.717) is 13.0 Å². The summed E-state index contributed by atoms with van der Waals surface area (Å²) >= 11 is 6.44. The molecule has 0 saturated carbocycles. The predicted octanol–water partition coefficient (Wildman–Crippen LogP) is 5.77. The largest absolute Gasteiger partial charge is 0.391 e. The van der Waals surface area contributed by atoms with Crippen molar-refractivity contribution in [2.75, 3.05) is 18.4 Å². The van der Waals surface area contributed by atoms with Crippen LogP contribution in [0.15, 0.2) is 36.4 Å². The lowest BCUT2D eigenvalue weighted by atomic mass is 9.99. The van der Waals surface area contributed by atoms with Crippen LogP contribution in [-0.4, -0.2) is 19.3 Å². The van der Waals surface area contributed by atoms with Crippen molar-refractivity contribution >= 4 is 17.3 Å². The molecule has 0 fully saturated rings. The van der Waals surface area contributed by atoms with E-state index in [1.807, 2.05) is 30.3 Å². The van der Waals surface area contributed by atoms with Crippen molar-refractivity contribution in [3.8, 4) is 0 Å². The number of anilines is 1. The lowest BCUT2D eigenvalue weighted by Crippen LogP contribution is -2.20. The standard InChI is InChI=1S/C22H26ClF3N2/c1-15(22(24,25)26)2-3-16-4-6-17(7-5-16)14-28-21-19-11-13-27-12-10-18(19)8-9-20(21)23/h4-9,15,27-28H,2-3,10-14H2,1H3/t15-/m0/s1. The number of benzene rings is 2. The summed E-state index contributed by atoms with van der Waals surface area (Å²) < 4.78 is 37.9. The van der Waals surface area contributed by atoms with Crippen LogP contribution in [0.5, 0.6) is 0 Å². The van der Waals surface area contributed by atoms with Crippen LogP contribution in [0.25, 0.3) is 0 Å². The fourth-order valence-corrected chi connectivity index (χ4v) is 3.74. The van der Waals surface area contributed by atoms with Crippen LogP contribution >= 0.6 is 11.6 Å². The number of aryl methyl sites for hydroxylation is 1. The Kier molecular flexibility index (Phi) is 6.89. The molecule has 0 unspecified atom stereocenters. The Morgan fingerprint density at radius 2 is 1.71 bits per heavy atom. The molecule has 1 aliphatic rings. The van der Waals surface area contributed by atoms with E-state index in [9.17, 15) is 13.2 Å². The van der Waals surface area contributed by atoms with Crippen LogP contribution in [0.1, 0.15) is 35.6 Å². The van der Waals surface area contributed by atoms with Gasteiger partial charge in [-0.05, 0) is 67.1 Å². The first-order chi connectivity index (χ1) is 13.3. The number of hydrogen-bond donors (Lipinski definition) is 2.